The maximum absolute atomic E-state index is 12.4. The third-order valence-electron chi connectivity index (χ3n) is 3.00. The predicted molar refractivity (Wildman–Crippen MR) is 78.9 cm³/mol. The smallest absolute Gasteiger partial charge is 0.204 e. The first kappa shape index (κ1) is 12.7. The fraction of sp³-hybridized carbons (Fsp3) is 0. The van der Waals surface area contributed by atoms with Crippen LogP contribution in [0.15, 0.2) is 56.3 Å². The van der Waals surface area contributed by atoms with Gasteiger partial charge in [-0.1, -0.05) is 28.1 Å². The summed E-state index contributed by atoms with van der Waals surface area (Å²) in [4.78, 5) is 12.4. The van der Waals surface area contributed by atoms with Crippen LogP contribution in [0, 0.1) is 0 Å². The van der Waals surface area contributed by atoms with Gasteiger partial charge in [-0.3, -0.25) is 4.79 Å². The highest BCUT2D eigenvalue weighted by Gasteiger charge is 2.13. The van der Waals surface area contributed by atoms with Crippen LogP contribution in [0.25, 0.3) is 22.1 Å². The minimum atomic E-state index is -0.342. The van der Waals surface area contributed by atoms with Gasteiger partial charge in [0, 0.05) is 16.6 Å². The molecule has 0 unspecified atom stereocenters. The summed E-state index contributed by atoms with van der Waals surface area (Å²) in [5.41, 5.74) is 0.849. The summed E-state index contributed by atoms with van der Waals surface area (Å²) in [6.45, 7) is 0. The number of phenols is 2. The van der Waals surface area contributed by atoms with Crippen LogP contribution >= 0.6 is 15.9 Å². The Morgan fingerprint density at radius 1 is 1.05 bits per heavy atom. The molecule has 20 heavy (non-hydrogen) atoms. The second kappa shape index (κ2) is 4.68. The van der Waals surface area contributed by atoms with E-state index in [9.17, 15) is 15.0 Å². The molecule has 1 aromatic heterocycles. The van der Waals surface area contributed by atoms with E-state index in [-0.39, 0.29) is 27.9 Å². The van der Waals surface area contributed by atoms with Gasteiger partial charge in [0.25, 0.3) is 0 Å². The number of benzene rings is 2. The number of hydrogen-bond donors (Lipinski definition) is 2. The molecule has 1 heterocycles. The molecule has 0 saturated heterocycles. The van der Waals surface area contributed by atoms with E-state index in [1.807, 2.05) is 12.1 Å². The van der Waals surface area contributed by atoms with Crippen molar-refractivity contribution in [1.29, 1.82) is 0 Å². The second-order valence-corrected chi connectivity index (χ2v) is 5.24. The second-order valence-electron chi connectivity index (χ2n) is 4.32. The number of halogens is 1. The van der Waals surface area contributed by atoms with Crippen LogP contribution in [0.1, 0.15) is 0 Å². The van der Waals surface area contributed by atoms with Crippen molar-refractivity contribution in [2.45, 2.75) is 0 Å². The average molecular weight is 333 g/mol. The highest BCUT2D eigenvalue weighted by atomic mass is 79.9. The summed E-state index contributed by atoms with van der Waals surface area (Å²) >= 11 is 3.33. The van der Waals surface area contributed by atoms with Crippen LogP contribution < -0.4 is 5.43 Å². The summed E-state index contributed by atoms with van der Waals surface area (Å²) < 4.78 is 6.24. The van der Waals surface area contributed by atoms with Crippen molar-refractivity contribution in [3.8, 4) is 22.6 Å². The Balaban J connectivity index is 2.31. The highest BCUT2D eigenvalue weighted by molar-refractivity contribution is 9.10. The van der Waals surface area contributed by atoms with Gasteiger partial charge in [-0.05, 0) is 17.7 Å². The van der Waals surface area contributed by atoms with Crippen LogP contribution in [0.3, 0.4) is 0 Å². The molecule has 0 bridgehead atoms. The standard InChI is InChI=1S/C15H9BrO4/c16-9-3-1-8(2-4-9)11-7-20-13-6-10(17)5-12(18)14(13)15(11)19/h1-7,17-18H. The van der Waals surface area contributed by atoms with Gasteiger partial charge < -0.3 is 14.6 Å². The van der Waals surface area contributed by atoms with Gasteiger partial charge in [0.05, 0.1) is 5.56 Å². The summed E-state index contributed by atoms with van der Waals surface area (Å²) in [5.74, 6) is -0.456. The minimum absolute atomic E-state index is 0.0585. The lowest BCUT2D eigenvalue weighted by molar-refractivity contribution is 0.452. The zero-order valence-corrected chi connectivity index (χ0v) is 11.7. The van der Waals surface area contributed by atoms with Crippen molar-refractivity contribution in [3.05, 3.63) is 57.4 Å². The summed E-state index contributed by atoms with van der Waals surface area (Å²) in [7, 11) is 0. The third-order valence-corrected chi connectivity index (χ3v) is 3.53. The highest BCUT2D eigenvalue weighted by Crippen LogP contribution is 2.29. The maximum atomic E-state index is 12.4. The fourth-order valence-corrected chi connectivity index (χ4v) is 2.31. The van der Waals surface area contributed by atoms with Crippen molar-refractivity contribution in [3.63, 3.8) is 0 Å². The first-order chi connectivity index (χ1) is 9.56. The van der Waals surface area contributed by atoms with E-state index >= 15 is 0 Å². The molecule has 4 nitrogen and oxygen atoms in total. The van der Waals surface area contributed by atoms with E-state index in [2.05, 4.69) is 15.9 Å². The minimum Gasteiger partial charge on any atom is -0.508 e. The largest absolute Gasteiger partial charge is 0.508 e. The summed E-state index contributed by atoms with van der Waals surface area (Å²) in [5, 5.41) is 19.3. The Morgan fingerprint density at radius 3 is 2.45 bits per heavy atom. The van der Waals surface area contributed by atoms with Crippen LogP contribution in [-0.2, 0) is 0 Å². The maximum Gasteiger partial charge on any atom is 0.204 e. The predicted octanol–water partition coefficient (Wildman–Crippen LogP) is 3.63. The lowest BCUT2D eigenvalue weighted by Gasteiger charge is -2.05. The lowest BCUT2D eigenvalue weighted by atomic mass is 10.1. The monoisotopic (exact) mass is 332 g/mol. The molecule has 0 atom stereocenters. The van der Waals surface area contributed by atoms with Crippen molar-refractivity contribution in [2.75, 3.05) is 0 Å². The lowest BCUT2D eigenvalue weighted by Crippen LogP contribution is -2.04. The molecular weight excluding hydrogens is 324 g/mol. The first-order valence-corrected chi connectivity index (χ1v) is 6.59. The Labute approximate surface area is 122 Å². The topological polar surface area (TPSA) is 70.7 Å². The van der Waals surface area contributed by atoms with Crippen LogP contribution in [0.2, 0.25) is 0 Å². The molecule has 0 saturated carbocycles. The molecule has 100 valence electrons. The number of phenolic OH excluding ortho intramolecular Hbond substituents is 2. The molecule has 3 rings (SSSR count). The Bertz CT molecular complexity index is 850. The van der Waals surface area contributed by atoms with E-state index in [1.165, 1.54) is 12.3 Å². The van der Waals surface area contributed by atoms with E-state index in [0.717, 1.165) is 10.5 Å². The van der Waals surface area contributed by atoms with E-state index < -0.39 is 0 Å². The van der Waals surface area contributed by atoms with Gasteiger partial charge in [-0.25, -0.2) is 0 Å². The average Bonchev–Trinajstić information content (AvgIpc) is 2.39. The van der Waals surface area contributed by atoms with Crippen LogP contribution in [-0.4, -0.2) is 10.2 Å². The molecule has 5 heteroatoms. The van der Waals surface area contributed by atoms with Crippen LogP contribution in [0.4, 0.5) is 0 Å². The van der Waals surface area contributed by atoms with Gasteiger partial charge >= 0.3 is 0 Å². The fourth-order valence-electron chi connectivity index (χ4n) is 2.05. The summed E-state index contributed by atoms with van der Waals surface area (Å²) in [6, 6.07) is 9.59. The van der Waals surface area contributed by atoms with E-state index in [4.69, 9.17) is 4.42 Å². The van der Waals surface area contributed by atoms with Crippen molar-refractivity contribution in [2.24, 2.45) is 0 Å². The molecule has 0 spiro atoms. The molecule has 2 aromatic carbocycles. The quantitative estimate of drug-likeness (QED) is 0.713. The first-order valence-electron chi connectivity index (χ1n) is 5.79. The SMILES string of the molecule is O=c1c(-c2ccc(Br)cc2)coc2cc(O)cc(O)c12. The Morgan fingerprint density at radius 2 is 1.75 bits per heavy atom. The van der Waals surface area contributed by atoms with Crippen molar-refractivity contribution < 1.29 is 14.6 Å². The molecule has 0 amide bonds. The molecule has 0 aliphatic carbocycles. The number of aromatic hydroxyl groups is 2. The van der Waals surface area contributed by atoms with Crippen molar-refractivity contribution >= 4 is 26.9 Å². The van der Waals surface area contributed by atoms with Gasteiger partial charge in [0.1, 0.15) is 28.7 Å². The van der Waals surface area contributed by atoms with Gasteiger partial charge in [-0.2, -0.15) is 0 Å². The molecule has 0 fully saturated rings. The van der Waals surface area contributed by atoms with Gasteiger partial charge in [0.15, 0.2) is 0 Å². The number of rotatable bonds is 1. The normalized spacial score (nSPS) is 10.8. The number of hydrogen-bond acceptors (Lipinski definition) is 4. The zero-order valence-electron chi connectivity index (χ0n) is 10.1. The van der Waals surface area contributed by atoms with Crippen molar-refractivity contribution in [1.82, 2.24) is 0 Å². The molecule has 2 N–H and O–H groups in total. The van der Waals surface area contributed by atoms with E-state index in [1.54, 1.807) is 12.1 Å². The molecular formula is C15H9BrO4. The third kappa shape index (κ3) is 2.06. The zero-order chi connectivity index (χ0) is 14.3. The van der Waals surface area contributed by atoms with Crippen LogP contribution in [0.5, 0.6) is 11.5 Å². The molecule has 3 aromatic rings. The summed E-state index contributed by atoms with van der Waals surface area (Å²) in [6.07, 6.45) is 1.33. The molecule has 0 radical (unpaired) electrons. The van der Waals surface area contributed by atoms with E-state index in [0.29, 0.717) is 11.1 Å². The molecule has 0 aliphatic heterocycles. The Kier molecular flexibility index (Phi) is 2.99. The van der Waals surface area contributed by atoms with Gasteiger partial charge in [0.2, 0.25) is 5.43 Å². The number of fused-ring (bicyclic) bond motifs is 1. The molecule has 0 aliphatic rings. The Hall–Kier alpha value is -2.27. The van der Waals surface area contributed by atoms with Gasteiger partial charge in [-0.15, -0.1) is 0 Å².